The van der Waals surface area contributed by atoms with Crippen LogP contribution in [0.2, 0.25) is 5.02 Å². The van der Waals surface area contributed by atoms with E-state index in [0.29, 0.717) is 0 Å². The molecule has 158 valence electrons. The Morgan fingerprint density at radius 2 is 1.75 bits per heavy atom. The standard InChI is InChI=1S/C14H12ClF7N2O4/c1-2-27-10(25)13(14(20,21)22,28-6-12(17,18)19)24-11(26)23-7-3-4-9(16)8(15)5-7/h3-5H,2,6H2,1H3,(H2,23,24,26). The van der Waals surface area contributed by atoms with Crippen LogP contribution in [-0.2, 0) is 14.3 Å². The number of rotatable bonds is 6. The molecule has 0 radical (unpaired) electrons. The Morgan fingerprint density at radius 1 is 1.14 bits per heavy atom. The van der Waals surface area contributed by atoms with Gasteiger partial charge in [-0.05, 0) is 25.1 Å². The molecule has 2 N–H and O–H groups in total. The third-order valence-electron chi connectivity index (χ3n) is 2.88. The summed E-state index contributed by atoms with van der Waals surface area (Å²) in [5, 5.41) is 2.26. The SMILES string of the molecule is CCOC(=O)C(NC(=O)Nc1ccc(F)c(Cl)c1)(OCC(F)(F)F)C(F)(F)F. The van der Waals surface area contributed by atoms with Gasteiger partial charge in [-0.25, -0.2) is 14.0 Å². The Hall–Kier alpha value is -2.28. The van der Waals surface area contributed by atoms with E-state index in [1.165, 1.54) is 0 Å². The van der Waals surface area contributed by atoms with Crippen molar-refractivity contribution in [3.05, 3.63) is 29.0 Å². The molecule has 0 saturated carbocycles. The number of urea groups is 1. The summed E-state index contributed by atoms with van der Waals surface area (Å²) in [6.45, 7) is -2.08. The predicted octanol–water partition coefficient (Wildman–Crippen LogP) is 4.00. The fourth-order valence-corrected chi connectivity index (χ4v) is 1.91. The van der Waals surface area contributed by atoms with Crippen LogP contribution in [0.1, 0.15) is 6.92 Å². The molecule has 0 spiro atoms. The molecule has 0 fully saturated rings. The van der Waals surface area contributed by atoms with Gasteiger partial charge in [-0.2, -0.15) is 26.3 Å². The van der Waals surface area contributed by atoms with E-state index in [0.717, 1.165) is 30.4 Å². The van der Waals surface area contributed by atoms with Crippen LogP contribution in [0.25, 0.3) is 0 Å². The molecule has 28 heavy (non-hydrogen) atoms. The van der Waals surface area contributed by atoms with Crippen molar-refractivity contribution in [2.45, 2.75) is 25.0 Å². The molecule has 0 aromatic heterocycles. The van der Waals surface area contributed by atoms with E-state index >= 15 is 0 Å². The summed E-state index contributed by atoms with van der Waals surface area (Å²) in [4.78, 5) is 23.6. The average Bonchev–Trinajstić information content (AvgIpc) is 2.53. The van der Waals surface area contributed by atoms with E-state index in [4.69, 9.17) is 11.6 Å². The van der Waals surface area contributed by atoms with Gasteiger partial charge in [0.1, 0.15) is 12.4 Å². The minimum atomic E-state index is -5.83. The minimum Gasteiger partial charge on any atom is -0.462 e. The van der Waals surface area contributed by atoms with Crippen molar-refractivity contribution in [2.75, 3.05) is 18.5 Å². The molecule has 2 amide bonds. The van der Waals surface area contributed by atoms with Gasteiger partial charge in [0, 0.05) is 5.69 Å². The summed E-state index contributed by atoms with van der Waals surface area (Å²) in [6, 6.07) is 0.680. The molecule has 0 aliphatic carbocycles. The Kier molecular flexibility index (Phi) is 7.48. The molecule has 1 unspecified atom stereocenters. The number of esters is 1. The summed E-state index contributed by atoms with van der Waals surface area (Å²) in [7, 11) is 0. The molecule has 0 bridgehead atoms. The van der Waals surface area contributed by atoms with E-state index in [2.05, 4.69) is 9.47 Å². The molecule has 0 aliphatic heterocycles. The summed E-state index contributed by atoms with van der Waals surface area (Å²) < 4.78 is 98.3. The zero-order valence-corrected chi connectivity index (χ0v) is 14.6. The van der Waals surface area contributed by atoms with Gasteiger partial charge < -0.3 is 14.8 Å². The summed E-state index contributed by atoms with van der Waals surface area (Å²) in [5.41, 5.74) is -4.77. The van der Waals surface area contributed by atoms with Gasteiger partial charge in [0.15, 0.2) is 0 Å². The highest BCUT2D eigenvalue weighted by molar-refractivity contribution is 6.31. The number of hydrogen-bond acceptors (Lipinski definition) is 4. The Labute approximate surface area is 157 Å². The van der Waals surface area contributed by atoms with Crippen LogP contribution in [-0.4, -0.2) is 43.3 Å². The third kappa shape index (κ3) is 6.12. The van der Waals surface area contributed by atoms with E-state index in [-0.39, 0.29) is 5.69 Å². The Morgan fingerprint density at radius 3 is 2.21 bits per heavy atom. The molecule has 1 aromatic rings. The van der Waals surface area contributed by atoms with E-state index in [1.54, 1.807) is 5.32 Å². The zero-order chi connectivity index (χ0) is 21.8. The molecule has 6 nitrogen and oxygen atoms in total. The van der Waals surface area contributed by atoms with Crippen LogP contribution in [0.3, 0.4) is 0 Å². The summed E-state index contributed by atoms with van der Waals surface area (Å²) >= 11 is 5.44. The van der Waals surface area contributed by atoms with Crippen molar-refractivity contribution >= 4 is 29.3 Å². The predicted molar refractivity (Wildman–Crippen MR) is 81.0 cm³/mol. The average molecular weight is 441 g/mol. The lowest BCUT2D eigenvalue weighted by atomic mass is 10.2. The normalized spacial score (nSPS) is 14.2. The fourth-order valence-electron chi connectivity index (χ4n) is 1.73. The molecule has 0 saturated heterocycles. The van der Waals surface area contributed by atoms with Gasteiger partial charge >= 0.3 is 30.1 Å². The van der Waals surface area contributed by atoms with E-state index < -0.39 is 54.1 Å². The Bertz CT molecular complexity index is 727. The lowest BCUT2D eigenvalue weighted by Crippen LogP contribution is -2.67. The summed E-state index contributed by atoms with van der Waals surface area (Å²) in [6.07, 6.45) is -11.1. The first-order chi connectivity index (χ1) is 12.7. The quantitative estimate of drug-likeness (QED) is 0.398. The lowest BCUT2D eigenvalue weighted by Gasteiger charge is -2.33. The number of carbonyl (C=O) groups is 2. The van der Waals surface area contributed by atoms with Crippen molar-refractivity contribution in [1.82, 2.24) is 5.32 Å². The molecule has 1 rings (SSSR count). The highest BCUT2D eigenvalue weighted by Gasteiger charge is 2.66. The first-order valence-electron chi connectivity index (χ1n) is 7.20. The highest BCUT2D eigenvalue weighted by Crippen LogP contribution is 2.35. The largest absolute Gasteiger partial charge is 0.462 e. The Balaban J connectivity index is 3.19. The summed E-state index contributed by atoms with van der Waals surface area (Å²) in [5.74, 6) is -3.23. The second-order valence-electron chi connectivity index (χ2n) is 5.01. The number of benzene rings is 1. The minimum absolute atomic E-state index is 0.320. The number of halogens is 8. The molecular formula is C14H12ClF7N2O4. The van der Waals surface area contributed by atoms with Crippen LogP contribution in [0, 0.1) is 5.82 Å². The number of ether oxygens (including phenoxy) is 2. The van der Waals surface area contributed by atoms with Crippen molar-refractivity contribution in [3.63, 3.8) is 0 Å². The van der Waals surface area contributed by atoms with Gasteiger partial charge in [-0.15, -0.1) is 0 Å². The maximum atomic E-state index is 13.4. The molecule has 0 aliphatic rings. The van der Waals surface area contributed by atoms with Gasteiger partial charge in [-0.3, -0.25) is 5.32 Å². The van der Waals surface area contributed by atoms with Crippen LogP contribution in [0.4, 0.5) is 41.2 Å². The van der Waals surface area contributed by atoms with Crippen molar-refractivity contribution in [3.8, 4) is 0 Å². The van der Waals surface area contributed by atoms with Crippen molar-refractivity contribution in [1.29, 1.82) is 0 Å². The number of amides is 2. The molecule has 1 aromatic carbocycles. The maximum Gasteiger partial charge on any atom is 0.448 e. The number of anilines is 1. The smallest absolute Gasteiger partial charge is 0.448 e. The number of hydrogen-bond donors (Lipinski definition) is 2. The van der Waals surface area contributed by atoms with Gasteiger partial charge in [0.25, 0.3) is 0 Å². The first kappa shape index (κ1) is 23.8. The lowest BCUT2D eigenvalue weighted by molar-refractivity contribution is -0.305. The van der Waals surface area contributed by atoms with Crippen LogP contribution < -0.4 is 10.6 Å². The number of carbonyl (C=O) groups excluding carboxylic acids is 2. The number of alkyl halides is 6. The molecule has 14 heteroatoms. The monoisotopic (exact) mass is 440 g/mol. The van der Waals surface area contributed by atoms with Crippen molar-refractivity contribution in [2.24, 2.45) is 0 Å². The van der Waals surface area contributed by atoms with Crippen molar-refractivity contribution < 1.29 is 49.8 Å². The number of nitrogens with one attached hydrogen (secondary N) is 2. The van der Waals surface area contributed by atoms with Gasteiger partial charge in [0.05, 0.1) is 11.6 Å². The van der Waals surface area contributed by atoms with Crippen LogP contribution in [0.5, 0.6) is 0 Å². The van der Waals surface area contributed by atoms with Gasteiger partial charge in [-0.1, -0.05) is 11.6 Å². The first-order valence-corrected chi connectivity index (χ1v) is 7.58. The van der Waals surface area contributed by atoms with E-state index in [1.807, 2.05) is 0 Å². The third-order valence-corrected chi connectivity index (χ3v) is 3.17. The fraction of sp³-hybridized carbons (Fsp3) is 0.429. The topological polar surface area (TPSA) is 76.7 Å². The van der Waals surface area contributed by atoms with Crippen LogP contribution in [0.15, 0.2) is 18.2 Å². The van der Waals surface area contributed by atoms with Gasteiger partial charge in [0.2, 0.25) is 0 Å². The van der Waals surface area contributed by atoms with Crippen LogP contribution >= 0.6 is 11.6 Å². The molecule has 0 heterocycles. The second-order valence-corrected chi connectivity index (χ2v) is 5.42. The highest BCUT2D eigenvalue weighted by atomic mass is 35.5. The second kappa shape index (κ2) is 8.82. The molecule has 1 atom stereocenters. The van der Waals surface area contributed by atoms with E-state index in [9.17, 15) is 40.3 Å². The zero-order valence-electron chi connectivity index (χ0n) is 13.8. The molecular weight excluding hydrogens is 429 g/mol. The maximum absolute atomic E-state index is 13.4.